The Balaban J connectivity index is 2.09. The van der Waals surface area contributed by atoms with E-state index in [9.17, 15) is 10.2 Å². The van der Waals surface area contributed by atoms with E-state index >= 15 is 0 Å². The van der Waals surface area contributed by atoms with Crippen LogP contribution in [-0.2, 0) is 11.2 Å². The van der Waals surface area contributed by atoms with Gasteiger partial charge in [0.2, 0.25) is 0 Å². The van der Waals surface area contributed by atoms with Gasteiger partial charge in [0.05, 0.1) is 12.7 Å². The van der Waals surface area contributed by atoms with Crippen LogP contribution < -0.4 is 5.73 Å². The summed E-state index contributed by atoms with van der Waals surface area (Å²) >= 11 is 0. The first-order chi connectivity index (χ1) is 9.65. The number of anilines is 1. The molecule has 20 heavy (non-hydrogen) atoms. The first kappa shape index (κ1) is 13.2. The lowest BCUT2D eigenvalue weighted by atomic mass is 10.2. The summed E-state index contributed by atoms with van der Waals surface area (Å²) in [7, 11) is 0. The fraction of sp³-hybridized carbons (Fsp3) is 0.583. The second kappa shape index (κ2) is 4.97. The van der Waals surface area contributed by atoms with Gasteiger partial charge < -0.3 is 20.7 Å². The van der Waals surface area contributed by atoms with Crippen LogP contribution in [0.2, 0.25) is 0 Å². The number of nitrogens with zero attached hydrogens (tertiary/aromatic N) is 4. The van der Waals surface area contributed by atoms with Crippen molar-refractivity contribution in [2.75, 3.05) is 12.3 Å². The van der Waals surface area contributed by atoms with Crippen molar-refractivity contribution in [1.82, 2.24) is 19.5 Å². The van der Waals surface area contributed by atoms with Crippen molar-refractivity contribution >= 4 is 17.0 Å². The zero-order chi connectivity index (χ0) is 14.3. The van der Waals surface area contributed by atoms with Gasteiger partial charge in [-0.1, -0.05) is 6.92 Å². The van der Waals surface area contributed by atoms with Gasteiger partial charge in [-0.05, 0) is 0 Å². The Morgan fingerprint density at radius 3 is 2.95 bits per heavy atom. The molecule has 4 N–H and O–H groups in total. The van der Waals surface area contributed by atoms with Gasteiger partial charge >= 0.3 is 0 Å². The van der Waals surface area contributed by atoms with Crippen molar-refractivity contribution < 1.29 is 14.9 Å². The number of aliphatic hydroxyl groups is 2. The second-order valence-corrected chi connectivity index (χ2v) is 4.80. The summed E-state index contributed by atoms with van der Waals surface area (Å²) in [4.78, 5) is 12.6. The average Bonchev–Trinajstić information content (AvgIpc) is 2.99. The van der Waals surface area contributed by atoms with Crippen molar-refractivity contribution in [3.63, 3.8) is 0 Å². The van der Waals surface area contributed by atoms with Crippen molar-refractivity contribution in [1.29, 1.82) is 0 Å². The van der Waals surface area contributed by atoms with Crippen molar-refractivity contribution in [2.24, 2.45) is 0 Å². The van der Waals surface area contributed by atoms with Gasteiger partial charge in [0.25, 0.3) is 0 Å². The number of fused-ring (bicyclic) bond motifs is 1. The molecule has 0 aliphatic carbocycles. The monoisotopic (exact) mass is 279 g/mol. The SMILES string of the molecule is CCc1nc2c(N)ncnc2n1C1CC(O)C(CO)O1. The number of hydrogen-bond acceptors (Lipinski definition) is 7. The van der Waals surface area contributed by atoms with Crippen LogP contribution in [0.1, 0.15) is 25.4 Å². The molecule has 3 atom stereocenters. The van der Waals surface area contributed by atoms with E-state index in [2.05, 4.69) is 15.0 Å². The van der Waals surface area contributed by atoms with Crippen molar-refractivity contribution in [2.45, 2.75) is 38.2 Å². The fourth-order valence-corrected chi connectivity index (χ4v) is 2.56. The van der Waals surface area contributed by atoms with Gasteiger partial charge in [-0.3, -0.25) is 4.57 Å². The van der Waals surface area contributed by atoms with Crippen molar-refractivity contribution in [3.8, 4) is 0 Å². The third kappa shape index (κ3) is 1.92. The third-order valence-corrected chi connectivity index (χ3v) is 3.57. The lowest BCUT2D eigenvalue weighted by molar-refractivity contribution is -0.0439. The molecule has 1 fully saturated rings. The summed E-state index contributed by atoms with van der Waals surface area (Å²) in [5, 5.41) is 19.1. The Morgan fingerprint density at radius 1 is 1.50 bits per heavy atom. The number of aryl methyl sites for hydroxylation is 1. The molecular formula is C12H17N5O3. The number of rotatable bonds is 3. The third-order valence-electron chi connectivity index (χ3n) is 3.57. The average molecular weight is 279 g/mol. The summed E-state index contributed by atoms with van der Waals surface area (Å²) in [6.07, 6.45) is 0.747. The standard InChI is InChI=1S/C12H17N5O3/c1-2-8-16-10-11(13)14-5-15-12(10)17(8)9-3-6(19)7(4-18)20-9/h5-7,9,18-19H,2-4H2,1H3,(H2,13,14,15). The van der Waals surface area contributed by atoms with E-state index < -0.39 is 18.4 Å². The van der Waals surface area contributed by atoms with Gasteiger partial charge in [0, 0.05) is 12.8 Å². The number of ether oxygens (including phenoxy) is 1. The van der Waals surface area contributed by atoms with E-state index in [0.29, 0.717) is 29.8 Å². The molecule has 1 aliphatic heterocycles. The summed E-state index contributed by atoms with van der Waals surface area (Å²) < 4.78 is 7.51. The van der Waals surface area contributed by atoms with E-state index in [4.69, 9.17) is 10.5 Å². The molecule has 0 bridgehead atoms. The highest BCUT2D eigenvalue weighted by Gasteiger charge is 2.36. The maximum Gasteiger partial charge on any atom is 0.167 e. The normalized spacial score (nSPS) is 26.4. The topological polar surface area (TPSA) is 119 Å². The zero-order valence-electron chi connectivity index (χ0n) is 11.1. The van der Waals surface area contributed by atoms with E-state index in [1.807, 2.05) is 11.5 Å². The van der Waals surface area contributed by atoms with Crippen LogP contribution in [0.5, 0.6) is 0 Å². The lowest BCUT2D eigenvalue weighted by Crippen LogP contribution is -2.24. The first-order valence-electron chi connectivity index (χ1n) is 6.57. The molecule has 3 rings (SSSR count). The van der Waals surface area contributed by atoms with Crippen LogP contribution in [0, 0.1) is 0 Å². The van der Waals surface area contributed by atoms with E-state index in [1.165, 1.54) is 6.33 Å². The predicted octanol–water partition coefficient (Wildman–Crippen LogP) is -0.388. The second-order valence-electron chi connectivity index (χ2n) is 4.80. The Labute approximate surface area is 115 Å². The smallest absolute Gasteiger partial charge is 0.167 e. The summed E-state index contributed by atoms with van der Waals surface area (Å²) in [5.41, 5.74) is 6.94. The molecule has 3 heterocycles. The molecule has 2 aromatic rings. The Morgan fingerprint density at radius 2 is 2.30 bits per heavy atom. The molecular weight excluding hydrogens is 262 g/mol. The Bertz CT molecular complexity index is 629. The molecule has 0 saturated carbocycles. The zero-order valence-corrected chi connectivity index (χ0v) is 11.1. The largest absolute Gasteiger partial charge is 0.394 e. The van der Waals surface area contributed by atoms with E-state index in [1.54, 1.807) is 0 Å². The van der Waals surface area contributed by atoms with Gasteiger partial charge in [-0.2, -0.15) is 0 Å². The lowest BCUT2D eigenvalue weighted by Gasteiger charge is -2.16. The van der Waals surface area contributed by atoms with Crippen LogP contribution in [0.15, 0.2) is 6.33 Å². The molecule has 1 saturated heterocycles. The highest BCUT2D eigenvalue weighted by atomic mass is 16.5. The van der Waals surface area contributed by atoms with Gasteiger partial charge in [0.15, 0.2) is 17.0 Å². The predicted molar refractivity (Wildman–Crippen MR) is 70.7 cm³/mol. The number of nitrogens with two attached hydrogens (primary N) is 1. The van der Waals surface area contributed by atoms with Crippen molar-refractivity contribution in [3.05, 3.63) is 12.2 Å². The minimum absolute atomic E-state index is 0.219. The molecule has 1 aliphatic rings. The number of nitrogen functional groups attached to an aromatic ring is 1. The van der Waals surface area contributed by atoms with E-state index in [0.717, 1.165) is 5.82 Å². The summed E-state index contributed by atoms with van der Waals surface area (Å²) in [6.45, 7) is 1.75. The fourth-order valence-electron chi connectivity index (χ4n) is 2.56. The number of aromatic nitrogens is 4. The van der Waals surface area contributed by atoms with Crippen LogP contribution in [0.25, 0.3) is 11.2 Å². The number of hydrogen-bond donors (Lipinski definition) is 3. The Hall–Kier alpha value is -1.77. The van der Waals surface area contributed by atoms with Crippen LogP contribution >= 0.6 is 0 Å². The number of aliphatic hydroxyl groups excluding tert-OH is 2. The van der Waals surface area contributed by atoms with Gasteiger partial charge in [-0.25, -0.2) is 15.0 Å². The minimum Gasteiger partial charge on any atom is -0.394 e. The van der Waals surface area contributed by atoms with Gasteiger partial charge in [-0.15, -0.1) is 0 Å². The van der Waals surface area contributed by atoms with Crippen LogP contribution in [0.3, 0.4) is 0 Å². The number of imidazole rings is 1. The molecule has 2 aromatic heterocycles. The van der Waals surface area contributed by atoms with E-state index in [-0.39, 0.29) is 6.61 Å². The minimum atomic E-state index is -0.702. The highest BCUT2D eigenvalue weighted by molar-refractivity contribution is 5.81. The van der Waals surface area contributed by atoms with Crippen LogP contribution in [-0.4, -0.2) is 48.5 Å². The van der Waals surface area contributed by atoms with Gasteiger partial charge in [0.1, 0.15) is 24.5 Å². The maximum absolute atomic E-state index is 9.87. The maximum atomic E-state index is 9.87. The molecule has 0 amide bonds. The first-order valence-corrected chi connectivity index (χ1v) is 6.57. The molecule has 3 unspecified atom stereocenters. The molecule has 8 nitrogen and oxygen atoms in total. The highest BCUT2D eigenvalue weighted by Crippen LogP contribution is 2.32. The molecule has 0 spiro atoms. The molecule has 0 radical (unpaired) electrons. The quantitative estimate of drug-likeness (QED) is 0.700. The van der Waals surface area contributed by atoms with Crippen LogP contribution in [0.4, 0.5) is 5.82 Å². The molecule has 108 valence electrons. The molecule has 0 aromatic carbocycles. The Kier molecular flexibility index (Phi) is 3.28. The summed E-state index contributed by atoms with van der Waals surface area (Å²) in [6, 6.07) is 0. The summed E-state index contributed by atoms with van der Waals surface area (Å²) in [5.74, 6) is 1.09. The molecule has 8 heteroatoms.